The molecule has 3 amide bonds. The van der Waals surface area contributed by atoms with E-state index in [0.29, 0.717) is 35.1 Å². The lowest BCUT2D eigenvalue weighted by molar-refractivity contribution is -0.116. The largest absolute Gasteiger partial charge is 0.455 e. The van der Waals surface area contributed by atoms with E-state index in [0.717, 1.165) is 22.2 Å². The van der Waals surface area contributed by atoms with E-state index in [1.54, 1.807) is 25.1 Å². The number of aryl methyl sites for hydroxylation is 2. The molecule has 8 heteroatoms. The van der Waals surface area contributed by atoms with E-state index in [1.165, 1.54) is 18.0 Å². The van der Waals surface area contributed by atoms with Crippen LogP contribution in [0, 0.1) is 18.3 Å². The number of nitrogens with one attached hydrogen (secondary N) is 1. The van der Waals surface area contributed by atoms with Gasteiger partial charge >= 0.3 is 6.03 Å². The number of halogens is 1. The number of carbonyl (C=O) groups is 2. The molecular formula is C26H25ClN4O3. The van der Waals surface area contributed by atoms with Crippen LogP contribution >= 0.6 is 11.6 Å². The van der Waals surface area contributed by atoms with Crippen molar-refractivity contribution in [2.24, 2.45) is 0 Å². The average Bonchev–Trinajstić information content (AvgIpc) is 2.82. The van der Waals surface area contributed by atoms with Crippen LogP contribution in [0.15, 0.2) is 54.1 Å². The second-order valence-electron chi connectivity index (χ2n) is 7.63. The first kappa shape index (κ1) is 24.7. The van der Waals surface area contributed by atoms with Crippen molar-refractivity contribution in [1.82, 2.24) is 10.3 Å². The number of aromatic nitrogens is 1. The number of hydrogen-bond donors (Lipinski definition) is 1. The van der Waals surface area contributed by atoms with Crippen LogP contribution in [0.2, 0.25) is 5.02 Å². The summed E-state index contributed by atoms with van der Waals surface area (Å²) in [5.74, 6) is 0.366. The molecule has 0 aliphatic heterocycles. The molecular weight excluding hydrogens is 452 g/mol. The van der Waals surface area contributed by atoms with E-state index >= 15 is 0 Å². The molecule has 3 rings (SSSR count). The molecule has 0 aliphatic rings. The smallest absolute Gasteiger partial charge is 0.328 e. The molecule has 0 saturated carbocycles. The number of allylic oxidation sites excluding steroid dienone is 1. The zero-order valence-electron chi connectivity index (χ0n) is 19.5. The Morgan fingerprint density at radius 3 is 2.65 bits per heavy atom. The summed E-state index contributed by atoms with van der Waals surface area (Å²) in [6, 6.07) is 14.0. The van der Waals surface area contributed by atoms with Crippen molar-refractivity contribution in [1.29, 1.82) is 5.26 Å². The van der Waals surface area contributed by atoms with Crippen LogP contribution in [-0.4, -0.2) is 24.0 Å². The number of nitrogens with zero attached hydrogens (tertiary/aromatic N) is 3. The third-order valence-electron chi connectivity index (χ3n) is 5.19. The second kappa shape index (κ2) is 10.8. The van der Waals surface area contributed by atoms with E-state index in [2.05, 4.69) is 10.3 Å². The third kappa shape index (κ3) is 5.53. The van der Waals surface area contributed by atoms with E-state index in [-0.39, 0.29) is 5.57 Å². The summed E-state index contributed by atoms with van der Waals surface area (Å²) in [6.45, 7) is 5.69. The van der Waals surface area contributed by atoms with Gasteiger partial charge in [0.25, 0.3) is 5.91 Å². The van der Waals surface area contributed by atoms with Gasteiger partial charge in [-0.2, -0.15) is 5.26 Å². The van der Waals surface area contributed by atoms with Gasteiger partial charge in [0.1, 0.15) is 23.1 Å². The Kier molecular flexibility index (Phi) is 7.87. The summed E-state index contributed by atoms with van der Waals surface area (Å²) < 4.78 is 6.13. The first-order valence-electron chi connectivity index (χ1n) is 10.8. The number of nitriles is 1. The normalized spacial score (nSPS) is 11.1. The first-order valence-corrected chi connectivity index (χ1v) is 11.2. The highest BCUT2D eigenvalue weighted by Crippen LogP contribution is 2.37. The molecule has 0 spiro atoms. The average molecular weight is 477 g/mol. The minimum atomic E-state index is -0.746. The minimum absolute atomic E-state index is 0.110. The molecule has 0 radical (unpaired) electrons. The summed E-state index contributed by atoms with van der Waals surface area (Å²) >= 11 is 6.56. The number of fused-ring (bicyclic) bond motifs is 1. The third-order valence-corrected chi connectivity index (χ3v) is 5.47. The van der Waals surface area contributed by atoms with E-state index in [4.69, 9.17) is 21.6 Å². The van der Waals surface area contributed by atoms with Gasteiger partial charge in [0, 0.05) is 23.8 Å². The fourth-order valence-corrected chi connectivity index (χ4v) is 3.62. The van der Waals surface area contributed by atoms with Crippen LogP contribution in [0.25, 0.3) is 10.9 Å². The summed E-state index contributed by atoms with van der Waals surface area (Å²) in [6.07, 6.45) is 2.57. The number of rotatable bonds is 6. The Hall–Kier alpha value is -3.89. The van der Waals surface area contributed by atoms with Crippen LogP contribution < -0.4 is 15.0 Å². The maximum absolute atomic E-state index is 12.6. The van der Waals surface area contributed by atoms with Crippen LogP contribution in [-0.2, 0) is 11.2 Å². The predicted octanol–water partition coefficient (Wildman–Crippen LogP) is 6.08. The van der Waals surface area contributed by atoms with Crippen molar-refractivity contribution < 1.29 is 14.3 Å². The Morgan fingerprint density at radius 2 is 1.97 bits per heavy atom. The van der Waals surface area contributed by atoms with Crippen molar-refractivity contribution in [3.63, 3.8) is 0 Å². The first-order chi connectivity index (χ1) is 16.3. The second-order valence-corrected chi connectivity index (χ2v) is 8.04. The van der Waals surface area contributed by atoms with Crippen molar-refractivity contribution >= 4 is 40.1 Å². The van der Waals surface area contributed by atoms with E-state index < -0.39 is 11.9 Å². The van der Waals surface area contributed by atoms with Gasteiger partial charge < -0.3 is 4.74 Å². The molecule has 1 heterocycles. The molecule has 0 fully saturated rings. The number of carbonyl (C=O) groups excluding carboxylic acids is 2. The molecule has 1 aromatic heterocycles. The van der Waals surface area contributed by atoms with Crippen LogP contribution in [0.5, 0.6) is 11.5 Å². The number of amides is 3. The highest BCUT2D eigenvalue weighted by atomic mass is 35.5. The standard InChI is InChI=1S/C26H25ClN4O3/c1-5-7-19(15-28)25(32)30-26(33)31(4)20-12-17(6-2)24(22(27)14-20)34-21-10-11-23-18(13-21)9-8-16(3)29-23/h7-14H,5-6H2,1-4H3,(H,30,32,33)/b19-7+. The maximum Gasteiger partial charge on any atom is 0.328 e. The van der Waals surface area contributed by atoms with Crippen molar-refractivity contribution in [3.05, 3.63) is 70.4 Å². The quantitative estimate of drug-likeness (QED) is 0.343. The summed E-state index contributed by atoms with van der Waals surface area (Å²) in [4.78, 5) is 30.5. The minimum Gasteiger partial charge on any atom is -0.455 e. The zero-order chi connectivity index (χ0) is 24.8. The van der Waals surface area contributed by atoms with Crippen LogP contribution in [0.4, 0.5) is 10.5 Å². The Balaban J connectivity index is 1.85. The zero-order valence-corrected chi connectivity index (χ0v) is 20.2. The summed E-state index contributed by atoms with van der Waals surface area (Å²) in [5.41, 5.74) is 2.98. The maximum atomic E-state index is 12.6. The Labute approximate surface area is 203 Å². The fourth-order valence-electron chi connectivity index (χ4n) is 3.35. The number of ether oxygens (including phenoxy) is 1. The van der Waals surface area contributed by atoms with E-state index in [1.807, 2.05) is 44.2 Å². The lowest BCUT2D eigenvalue weighted by atomic mass is 10.1. The molecule has 7 nitrogen and oxygen atoms in total. The van der Waals surface area contributed by atoms with Crippen molar-refractivity contribution in [2.75, 3.05) is 11.9 Å². The molecule has 0 bridgehead atoms. The van der Waals surface area contributed by atoms with Gasteiger partial charge in [-0.05, 0) is 61.7 Å². The highest BCUT2D eigenvalue weighted by Gasteiger charge is 2.20. The van der Waals surface area contributed by atoms with Crippen molar-refractivity contribution in [3.8, 4) is 17.6 Å². The SMILES string of the molecule is CC/C=C(\C#N)C(=O)NC(=O)N(C)c1cc(Cl)c(Oc2ccc3nc(C)ccc3c2)c(CC)c1. The number of benzene rings is 2. The van der Waals surface area contributed by atoms with Gasteiger partial charge in [-0.25, -0.2) is 4.79 Å². The molecule has 0 unspecified atom stereocenters. The van der Waals surface area contributed by atoms with Gasteiger partial charge in [0.05, 0.1) is 10.5 Å². The Bertz CT molecular complexity index is 1330. The fraction of sp³-hybridized carbons (Fsp3) is 0.231. The molecule has 0 atom stereocenters. The Morgan fingerprint density at radius 1 is 1.21 bits per heavy atom. The summed E-state index contributed by atoms with van der Waals surface area (Å²) in [5, 5.41) is 12.6. The molecule has 0 aliphatic carbocycles. The number of pyridine rings is 1. The summed E-state index contributed by atoms with van der Waals surface area (Å²) in [7, 11) is 1.52. The van der Waals surface area contributed by atoms with Gasteiger partial charge in [0.2, 0.25) is 0 Å². The van der Waals surface area contributed by atoms with Crippen LogP contribution in [0.3, 0.4) is 0 Å². The molecule has 0 saturated heterocycles. The topological polar surface area (TPSA) is 95.3 Å². The number of urea groups is 1. The number of anilines is 1. The predicted molar refractivity (Wildman–Crippen MR) is 133 cm³/mol. The van der Waals surface area contributed by atoms with Gasteiger partial charge in [-0.3, -0.25) is 20.0 Å². The lowest BCUT2D eigenvalue weighted by Crippen LogP contribution is -2.41. The van der Waals surface area contributed by atoms with Crippen molar-refractivity contribution in [2.45, 2.75) is 33.6 Å². The number of imide groups is 1. The van der Waals surface area contributed by atoms with E-state index in [9.17, 15) is 9.59 Å². The van der Waals surface area contributed by atoms with Gasteiger partial charge in [0.15, 0.2) is 0 Å². The van der Waals surface area contributed by atoms with Crippen LogP contribution in [0.1, 0.15) is 31.5 Å². The molecule has 2 aromatic carbocycles. The molecule has 1 N–H and O–H groups in total. The highest BCUT2D eigenvalue weighted by molar-refractivity contribution is 6.32. The molecule has 34 heavy (non-hydrogen) atoms. The van der Waals surface area contributed by atoms with Gasteiger partial charge in [-0.1, -0.05) is 37.6 Å². The number of hydrogen-bond acceptors (Lipinski definition) is 5. The monoisotopic (exact) mass is 476 g/mol. The molecule has 174 valence electrons. The molecule has 3 aromatic rings. The van der Waals surface area contributed by atoms with Gasteiger partial charge in [-0.15, -0.1) is 0 Å². The lowest BCUT2D eigenvalue weighted by Gasteiger charge is -2.21.